The zero-order valence-electron chi connectivity index (χ0n) is 14.1. The van der Waals surface area contributed by atoms with Crippen LogP contribution < -0.4 is 5.32 Å². The lowest BCUT2D eigenvalue weighted by molar-refractivity contribution is 0.332. The first-order chi connectivity index (χ1) is 12.6. The monoisotopic (exact) mass is 408 g/mol. The molecule has 2 unspecified atom stereocenters. The van der Waals surface area contributed by atoms with Crippen molar-refractivity contribution in [2.45, 2.75) is 44.2 Å². The van der Waals surface area contributed by atoms with Crippen LogP contribution in [0, 0.1) is 0 Å². The number of pyridine rings is 1. The van der Waals surface area contributed by atoms with Crippen LogP contribution in [-0.2, 0) is 6.54 Å². The molecule has 0 radical (unpaired) electrons. The van der Waals surface area contributed by atoms with Gasteiger partial charge in [-0.15, -0.1) is 0 Å². The van der Waals surface area contributed by atoms with Gasteiger partial charge in [0.15, 0.2) is 5.65 Å². The summed E-state index contributed by atoms with van der Waals surface area (Å²) in [7, 11) is 0. The van der Waals surface area contributed by atoms with E-state index in [4.69, 9.17) is 34.8 Å². The molecule has 0 spiro atoms. The van der Waals surface area contributed by atoms with Crippen LogP contribution in [0.15, 0.2) is 30.3 Å². The van der Waals surface area contributed by atoms with Crippen molar-refractivity contribution in [1.82, 2.24) is 20.3 Å². The fourth-order valence-electron chi connectivity index (χ4n) is 3.68. The van der Waals surface area contributed by atoms with E-state index in [-0.39, 0.29) is 0 Å². The number of halogens is 3. The van der Waals surface area contributed by atoms with Crippen LogP contribution in [0.5, 0.6) is 0 Å². The van der Waals surface area contributed by atoms with Gasteiger partial charge in [0, 0.05) is 28.5 Å². The molecule has 2 atom stereocenters. The topological polar surface area (TPSA) is 53.6 Å². The zero-order chi connectivity index (χ0) is 18.1. The molecule has 2 heterocycles. The maximum Gasteiger partial charge on any atom is 0.179 e. The first-order valence-electron chi connectivity index (χ1n) is 8.77. The van der Waals surface area contributed by atoms with E-state index in [2.05, 4.69) is 20.3 Å². The summed E-state index contributed by atoms with van der Waals surface area (Å²) in [6.07, 6.45) is 4.51. The van der Waals surface area contributed by atoms with Gasteiger partial charge in [-0.2, -0.15) is 0 Å². The molecule has 2 N–H and O–H groups in total. The lowest BCUT2D eigenvalue weighted by Gasteiger charge is -2.29. The Hall–Kier alpha value is -1.33. The van der Waals surface area contributed by atoms with Crippen LogP contribution in [0.2, 0.25) is 15.2 Å². The van der Waals surface area contributed by atoms with E-state index in [9.17, 15) is 0 Å². The van der Waals surface area contributed by atoms with Crippen molar-refractivity contribution in [2.24, 2.45) is 0 Å². The van der Waals surface area contributed by atoms with Crippen molar-refractivity contribution < 1.29 is 0 Å². The standard InChI is InChI=1S/C19H19Cl3N4/c20-13-6-11(7-14(21)9-13)10-23-15-3-1-2-12(8-15)18-24-16-4-5-17(22)25-19(16)26-18/h4-7,9,12,15,23H,1-3,8,10H2,(H,24,25,26). The molecule has 26 heavy (non-hydrogen) atoms. The van der Waals surface area contributed by atoms with Gasteiger partial charge in [-0.05, 0) is 55.2 Å². The molecule has 0 bridgehead atoms. The number of imidazole rings is 1. The normalized spacial score (nSPS) is 20.6. The molecule has 4 rings (SSSR count). The third-order valence-electron chi connectivity index (χ3n) is 4.91. The van der Waals surface area contributed by atoms with Crippen molar-refractivity contribution in [2.75, 3.05) is 0 Å². The summed E-state index contributed by atoms with van der Waals surface area (Å²) >= 11 is 18.1. The lowest BCUT2D eigenvalue weighted by Crippen LogP contribution is -2.33. The van der Waals surface area contributed by atoms with Gasteiger partial charge in [0.25, 0.3) is 0 Å². The molecule has 136 valence electrons. The number of rotatable bonds is 4. The van der Waals surface area contributed by atoms with Gasteiger partial charge in [0.1, 0.15) is 11.0 Å². The number of nitrogens with one attached hydrogen (secondary N) is 2. The Kier molecular flexibility index (Phi) is 5.37. The van der Waals surface area contributed by atoms with Crippen LogP contribution in [0.1, 0.15) is 43.0 Å². The van der Waals surface area contributed by atoms with Crippen molar-refractivity contribution in [1.29, 1.82) is 0 Å². The third-order valence-corrected chi connectivity index (χ3v) is 5.56. The average molecular weight is 410 g/mol. The molecule has 0 saturated heterocycles. The van der Waals surface area contributed by atoms with Crippen molar-refractivity contribution in [3.63, 3.8) is 0 Å². The zero-order valence-corrected chi connectivity index (χ0v) is 16.4. The van der Waals surface area contributed by atoms with Crippen LogP contribution in [0.25, 0.3) is 11.2 Å². The summed E-state index contributed by atoms with van der Waals surface area (Å²) in [4.78, 5) is 12.4. The summed E-state index contributed by atoms with van der Waals surface area (Å²) in [5.74, 6) is 1.41. The highest BCUT2D eigenvalue weighted by Gasteiger charge is 2.25. The predicted molar refractivity (Wildman–Crippen MR) is 107 cm³/mol. The first-order valence-corrected chi connectivity index (χ1v) is 9.91. The van der Waals surface area contributed by atoms with Crippen LogP contribution >= 0.6 is 34.8 Å². The number of benzene rings is 1. The minimum Gasteiger partial charge on any atom is -0.340 e. The summed E-state index contributed by atoms with van der Waals surface area (Å²) in [5.41, 5.74) is 2.73. The van der Waals surface area contributed by atoms with Crippen LogP contribution in [0.3, 0.4) is 0 Å². The number of fused-ring (bicyclic) bond motifs is 1. The van der Waals surface area contributed by atoms with E-state index in [1.807, 2.05) is 18.2 Å². The second-order valence-electron chi connectivity index (χ2n) is 6.85. The minimum absolute atomic E-state index is 0.400. The van der Waals surface area contributed by atoms with E-state index in [0.717, 1.165) is 42.7 Å². The quantitative estimate of drug-likeness (QED) is 0.541. The Bertz CT molecular complexity index is 904. The van der Waals surface area contributed by atoms with Gasteiger partial charge < -0.3 is 10.3 Å². The summed E-state index contributed by atoms with van der Waals surface area (Å²) in [6.45, 7) is 0.759. The summed E-state index contributed by atoms with van der Waals surface area (Å²) < 4.78 is 0. The fraction of sp³-hybridized carbons (Fsp3) is 0.368. The van der Waals surface area contributed by atoms with Crippen LogP contribution in [-0.4, -0.2) is 21.0 Å². The maximum atomic E-state index is 6.08. The lowest BCUT2D eigenvalue weighted by atomic mass is 9.85. The maximum absolute atomic E-state index is 6.08. The van der Waals surface area contributed by atoms with Crippen molar-refractivity contribution in [3.8, 4) is 0 Å². The van der Waals surface area contributed by atoms with Crippen molar-refractivity contribution >= 4 is 46.0 Å². The Morgan fingerprint density at radius 2 is 1.85 bits per heavy atom. The largest absolute Gasteiger partial charge is 0.340 e. The predicted octanol–water partition coefficient (Wildman–Crippen LogP) is 5.73. The molecular weight excluding hydrogens is 391 g/mol. The smallest absolute Gasteiger partial charge is 0.179 e. The van der Waals surface area contributed by atoms with Crippen LogP contribution in [0.4, 0.5) is 0 Å². The highest BCUT2D eigenvalue weighted by atomic mass is 35.5. The molecule has 1 aliphatic carbocycles. The average Bonchev–Trinajstić information content (AvgIpc) is 3.03. The molecule has 2 aromatic heterocycles. The molecular formula is C19H19Cl3N4. The molecule has 1 aliphatic rings. The number of aromatic amines is 1. The van der Waals surface area contributed by atoms with Gasteiger partial charge in [-0.25, -0.2) is 9.97 Å². The third kappa shape index (κ3) is 4.15. The summed E-state index contributed by atoms with van der Waals surface area (Å²) in [6, 6.07) is 9.82. The van der Waals surface area contributed by atoms with E-state index >= 15 is 0 Å². The van der Waals surface area contributed by atoms with E-state index in [0.29, 0.717) is 32.8 Å². The van der Waals surface area contributed by atoms with E-state index in [1.165, 1.54) is 6.42 Å². The fourth-order valence-corrected chi connectivity index (χ4v) is 4.39. The molecule has 1 aromatic carbocycles. The number of hydrogen-bond donors (Lipinski definition) is 2. The van der Waals surface area contributed by atoms with E-state index < -0.39 is 0 Å². The summed E-state index contributed by atoms with van der Waals surface area (Å²) in [5, 5.41) is 5.45. The van der Waals surface area contributed by atoms with Gasteiger partial charge in [-0.1, -0.05) is 41.2 Å². The molecule has 4 nitrogen and oxygen atoms in total. The molecule has 3 aromatic rings. The second kappa shape index (κ2) is 7.73. The number of nitrogens with zero attached hydrogens (tertiary/aromatic N) is 2. The van der Waals surface area contributed by atoms with Crippen molar-refractivity contribution in [3.05, 3.63) is 56.9 Å². The van der Waals surface area contributed by atoms with Gasteiger partial charge in [-0.3, -0.25) is 0 Å². The van der Waals surface area contributed by atoms with Gasteiger partial charge in [0.2, 0.25) is 0 Å². The Balaban J connectivity index is 1.43. The van der Waals surface area contributed by atoms with E-state index in [1.54, 1.807) is 12.1 Å². The molecule has 1 fully saturated rings. The molecule has 7 heteroatoms. The highest BCUT2D eigenvalue weighted by molar-refractivity contribution is 6.34. The Morgan fingerprint density at radius 3 is 2.65 bits per heavy atom. The molecule has 1 saturated carbocycles. The Labute approximate surface area is 167 Å². The molecule has 0 amide bonds. The SMILES string of the molecule is Clc1cc(Cl)cc(CNC2CCCC(c3nc4nc(Cl)ccc4[nH]3)C2)c1. The Morgan fingerprint density at radius 1 is 1.04 bits per heavy atom. The second-order valence-corrected chi connectivity index (χ2v) is 8.11. The first kappa shape index (κ1) is 18.1. The minimum atomic E-state index is 0.400. The van der Waals surface area contributed by atoms with Gasteiger partial charge in [0.05, 0.1) is 5.52 Å². The number of aromatic nitrogens is 3. The van der Waals surface area contributed by atoms with Gasteiger partial charge >= 0.3 is 0 Å². The highest BCUT2D eigenvalue weighted by Crippen LogP contribution is 2.32. The number of hydrogen-bond acceptors (Lipinski definition) is 3. The number of H-pyrrole nitrogens is 1. The molecule has 0 aliphatic heterocycles.